The van der Waals surface area contributed by atoms with Crippen LogP contribution in [0.5, 0.6) is 11.5 Å². The summed E-state index contributed by atoms with van der Waals surface area (Å²) in [7, 11) is 0. The zero-order valence-electron chi connectivity index (χ0n) is 30.7. The van der Waals surface area contributed by atoms with Crippen molar-refractivity contribution in [1.82, 2.24) is 4.57 Å². The van der Waals surface area contributed by atoms with Crippen LogP contribution in [-0.2, 0) is 0 Å². The van der Waals surface area contributed by atoms with E-state index in [2.05, 4.69) is 187 Å². The number of ether oxygens (including phenoxy) is 1. The van der Waals surface area contributed by atoms with Crippen molar-refractivity contribution in [2.45, 2.75) is 6.92 Å². The van der Waals surface area contributed by atoms with Gasteiger partial charge in [0.05, 0.1) is 11.0 Å². The minimum absolute atomic E-state index is 0.815. The number of hydrogen-bond acceptors (Lipinski definition) is 2. The van der Waals surface area contributed by atoms with E-state index in [0.29, 0.717) is 0 Å². The topological polar surface area (TPSA) is 27.3 Å². The van der Waals surface area contributed by atoms with Gasteiger partial charge in [-0.3, -0.25) is 0 Å². The molecule has 11 rings (SSSR count). The third kappa shape index (κ3) is 5.20. The first-order chi connectivity index (χ1) is 27.7. The number of nitrogens with zero attached hydrogens (tertiary/aromatic N) is 1. The van der Waals surface area contributed by atoms with Gasteiger partial charge < -0.3 is 13.7 Å². The minimum Gasteiger partial charge on any atom is -0.456 e. The van der Waals surface area contributed by atoms with E-state index in [1.807, 2.05) is 18.2 Å². The molecule has 0 aliphatic carbocycles. The second kappa shape index (κ2) is 12.9. The molecule has 0 spiro atoms. The summed E-state index contributed by atoms with van der Waals surface area (Å²) in [6.07, 6.45) is 0. The Balaban J connectivity index is 0.976. The third-order valence-electron chi connectivity index (χ3n) is 11.2. The zero-order valence-corrected chi connectivity index (χ0v) is 30.7. The van der Waals surface area contributed by atoms with Crippen molar-refractivity contribution >= 4 is 54.5 Å². The molecule has 0 atom stereocenters. The maximum atomic E-state index is 6.91. The van der Waals surface area contributed by atoms with Crippen molar-refractivity contribution in [3.8, 4) is 50.6 Å². The van der Waals surface area contributed by atoms with Gasteiger partial charge in [-0.25, -0.2) is 0 Å². The van der Waals surface area contributed by atoms with Gasteiger partial charge in [0.1, 0.15) is 22.7 Å². The number of benzene rings is 9. The van der Waals surface area contributed by atoms with Gasteiger partial charge in [-0.2, -0.15) is 0 Å². The van der Waals surface area contributed by atoms with Crippen LogP contribution < -0.4 is 4.74 Å². The Morgan fingerprint density at radius 2 is 1.04 bits per heavy atom. The van der Waals surface area contributed by atoms with E-state index in [1.165, 1.54) is 32.9 Å². The average Bonchev–Trinajstić information content (AvgIpc) is 3.79. The fourth-order valence-electron chi connectivity index (χ4n) is 8.50. The van der Waals surface area contributed by atoms with Crippen LogP contribution in [0.1, 0.15) is 5.56 Å². The molecular formula is C53H35NO2. The highest BCUT2D eigenvalue weighted by Crippen LogP contribution is 2.43. The molecule has 0 amide bonds. The van der Waals surface area contributed by atoms with Crippen molar-refractivity contribution in [3.63, 3.8) is 0 Å². The molecule has 0 saturated heterocycles. The van der Waals surface area contributed by atoms with Gasteiger partial charge >= 0.3 is 0 Å². The second-order valence-corrected chi connectivity index (χ2v) is 14.5. The summed E-state index contributed by atoms with van der Waals surface area (Å²) in [6.45, 7) is 2.18. The first-order valence-corrected chi connectivity index (χ1v) is 19.1. The van der Waals surface area contributed by atoms with Crippen LogP contribution in [0.3, 0.4) is 0 Å². The van der Waals surface area contributed by atoms with E-state index in [9.17, 15) is 0 Å². The van der Waals surface area contributed by atoms with E-state index in [1.54, 1.807) is 0 Å². The largest absolute Gasteiger partial charge is 0.456 e. The minimum atomic E-state index is 0.815. The lowest BCUT2D eigenvalue weighted by Crippen LogP contribution is -1.93. The van der Waals surface area contributed by atoms with Crippen LogP contribution in [0, 0.1) is 6.92 Å². The smallest absolute Gasteiger partial charge is 0.136 e. The van der Waals surface area contributed by atoms with E-state index in [-0.39, 0.29) is 0 Å². The predicted molar refractivity (Wildman–Crippen MR) is 233 cm³/mol. The zero-order chi connectivity index (χ0) is 37.2. The van der Waals surface area contributed by atoms with Crippen LogP contribution in [0.4, 0.5) is 0 Å². The highest BCUT2D eigenvalue weighted by Gasteiger charge is 2.17. The van der Waals surface area contributed by atoms with Gasteiger partial charge in [0.2, 0.25) is 0 Å². The molecule has 2 heterocycles. The molecule has 0 aliphatic rings. The molecule has 0 radical (unpaired) electrons. The first-order valence-electron chi connectivity index (χ1n) is 19.1. The Morgan fingerprint density at radius 3 is 1.93 bits per heavy atom. The van der Waals surface area contributed by atoms with Gasteiger partial charge in [-0.1, -0.05) is 127 Å². The second-order valence-electron chi connectivity index (χ2n) is 14.5. The number of furan rings is 1. The predicted octanol–water partition coefficient (Wildman–Crippen LogP) is 14.9. The molecule has 0 bridgehead atoms. The molecule has 0 N–H and O–H groups in total. The van der Waals surface area contributed by atoms with Crippen molar-refractivity contribution in [2.75, 3.05) is 0 Å². The Hall–Kier alpha value is -7.36. The average molecular weight is 718 g/mol. The number of rotatable bonds is 6. The third-order valence-corrected chi connectivity index (χ3v) is 11.2. The van der Waals surface area contributed by atoms with Crippen molar-refractivity contribution < 1.29 is 9.15 Å². The number of hydrogen-bond donors (Lipinski definition) is 0. The van der Waals surface area contributed by atoms with Gasteiger partial charge in [0.25, 0.3) is 0 Å². The summed E-state index contributed by atoms with van der Waals surface area (Å²) in [4.78, 5) is 0. The summed E-state index contributed by atoms with van der Waals surface area (Å²) < 4.78 is 15.5. The first kappa shape index (κ1) is 32.1. The number of para-hydroxylation sites is 4. The highest BCUT2D eigenvalue weighted by atomic mass is 16.5. The van der Waals surface area contributed by atoms with Crippen molar-refractivity contribution in [1.29, 1.82) is 0 Å². The van der Waals surface area contributed by atoms with E-state index < -0.39 is 0 Å². The van der Waals surface area contributed by atoms with Crippen LogP contribution in [0.2, 0.25) is 0 Å². The molecule has 0 unspecified atom stereocenters. The van der Waals surface area contributed by atoms with E-state index >= 15 is 0 Å². The molecule has 0 aliphatic heterocycles. The molecule has 11 aromatic rings. The van der Waals surface area contributed by atoms with E-state index in [0.717, 1.165) is 77.7 Å². The fraction of sp³-hybridized carbons (Fsp3) is 0.0189. The summed E-state index contributed by atoms with van der Waals surface area (Å²) in [6, 6.07) is 68.8. The van der Waals surface area contributed by atoms with Gasteiger partial charge in [-0.15, -0.1) is 0 Å². The molecule has 0 saturated carbocycles. The summed E-state index contributed by atoms with van der Waals surface area (Å²) >= 11 is 0. The van der Waals surface area contributed by atoms with Crippen molar-refractivity contribution in [3.05, 3.63) is 200 Å². The normalized spacial score (nSPS) is 11.7. The monoisotopic (exact) mass is 717 g/mol. The molecule has 3 heteroatoms. The molecule has 0 fully saturated rings. The van der Waals surface area contributed by atoms with Gasteiger partial charge in [0.15, 0.2) is 0 Å². The lowest BCUT2D eigenvalue weighted by molar-refractivity contribution is 0.490. The van der Waals surface area contributed by atoms with Gasteiger partial charge in [0, 0.05) is 38.2 Å². The maximum Gasteiger partial charge on any atom is 0.136 e. The van der Waals surface area contributed by atoms with Crippen LogP contribution in [0.15, 0.2) is 199 Å². The summed E-state index contributed by atoms with van der Waals surface area (Å²) in [5.41, 5.74) is 13.3. The standard InChI is InChI=1S/C53H35NO2/c1-34-23-24-35(36-26-29-49-47(32-36)41-16-7-10-20-48(41)54(49)38-13-3-2-4-14-38)31-46(34)44-19-9-12-22-51(44)55-52-30-28-39(40-15-5-6-17-42(40)52)37-25-27-45-43-18-8-11-21-50(43)56-53(45)33-37/h2-33H,1H3. The van der Waals surface area contributed by atoms with Crippen molar-refractivity contribution in [2.24, 2.45) is 0 Å². The summed E-state index contributed by atoms with van der Waals surface area (Å²) in [5.74, 6) is 1.63. The van der Waals surface area contributed by atoms with Gasteiger partial charge in [-0.05, 0) is 112 Å². The molecule has 3 nitrogen and oxygen atoms in total. The number of fused-ring (bicyclic) bond motifs is 7. The fourth-order valence-corrected chi connectivity index (χ4v) is 8.50. The Labute approximate surface area is 324 Å². The lowest BCUT2D eigenvalue weighted by atomic mass is 9.94. The Bertz CT molecular complexity index is 3290. The van der Waals surface area contributed by atoms with Crippen LogP contribution >= 0.6 is 0 Å². The van der Waals surface area contributed by atoms with E-state index in [4.69, 9.17) is 9.15 Å². The Morgan fingerprint density at radius 1 is 0.375 bits per heavy atom. The van der Waals surface area contributed by atoms with Crippen LogP contribution in [-0.4, -0.2) is 4.57 Å². The molecule has 264 valence electrons. The molecule has 56 heavy (non-hydrogen) atoms. The quantitative estimate of drug-likeness (QED) is 0.171. The number of aromatic nitrogens is 1. The maximum absolute atomic E-state index is 6.91. The summed E-state index contributed by atoms with van der Waals surface area (Å²) in [5, 5.41) is 6.92. The Kier molecular flexibility index (Phi) is 7.39. The van der Waals surface area contributed by atoms with Crippen LogP contribution in [0.25, 0.3) is 93.6 Å². The molecule has 9 aromatic carbocycles. The number of aryl methyl sites for hydroxylation is 1. The lowest BCUT2D eigenvalue weighted by Gasteiger charge is -2.17. The molecule has 2 aromatic heterocycles. The molecular weight excluding hydrogens is 683 g/mol. The SMILES string of the molecule is Cc1ccc(-c2ccc3c(c2)c2ccccc2n3-c2ccccc2)cc1-c1ccccc1Oc1ccc(-c2ccc3c(c2)oc2ccccc23)c2ccccc12. The highest BCUT2D eigenvalue weighted by molar-refractivity contribution is 6.11.